The largest absolute Gasteiger partial charge is 0 e. The van der Waals surface area contributed by atoms with Crippen LogP contribution in [0.4, 0.5) is 0 Å². The Morgan fingerprint density at radius 2 is 0.909 bits per heavy atom. The van der Waals surface area contributed by atoms with Gasteiger partial charge in [-0.1, -0.05) is 154 Å². The van der Waals surface area contributed by atoms with E-state index in [1.807, 2.05) is 43.3 Å². The first-order chi connectivity index (χ1) is 20.4. The van der Waals surface area contributed by atoms with Crippen LogP contribution in [0, 0.1) is 5.92 Å². The third-order valence-electron chi connectivity index (χ3n) is 7.83. The maximum Gasteiger partial charge on any atom is 0 e. The van der Waals surface area contributed by atoms with Crippen LogP contribution in [0.1, 0.15) is 154 Å². The molecule has 0 aliphatic heterocycles. The first-order valence-electron chi connectivity index (χ1n) is 17.2. The minimum atomic E-state index is -0.643. The number of phenolic OH excluding ortho intramolecular Hbond substituents is 2. The summed E-state index contributed by atoms with van der Waals surface area (Å²) in [6.07, 6.45) is 24.3. The molecule has 2 aromatic rings. The van der Waals surface area contributed by atoms with E-state index in [-0.39, 0.29) is 82.1 Å². The van der Waals surface area contributed by atoms with Crippen molar-refractivity contribution >= 4 is 54.9 Å². The minimum absolute atomic E-state index is 0. The summed E-state index contributed by atoms with van der Waals surface area (Å²) >= 11 is 0. The molecule has 0 bridgehead atoms. The number of phenols is 2. The summed E-state index contributed by atoms with van der Waals surface area (Å²) in [4.78, 5) is 10.4. The fourth-order valence-corrected chi connectivity index (χ4v) is 4.94. The van der Waals surface area contributed by atoms with Gasteiger partial charge in [0.15, 0.2) is 0 Å². The Hall–Kier alpha value is 0.00351. The van der Waals surface area contributed by atoms with Crippen molar-refractivity contribution in [2.45, 2.75) is 156 Å². The van der Waals surface area contributed by atoms with Crippen LogP contribution >= 0.6 is 0 Å². The van der Waals surface area contributed by atoms with Crippen LogP contribution in [0.15, 0.2) is 48.5 Å². The zero-order valence-electron chi connectivity index (χ0n) is 28.3. The summed E-state index contributed by atoms with van der Waals surface area (Å²) in [5.41, 5.74) is 2.19. The zero-order valence-corrected chi connectivity index (χ0v) is 32.3. The number of aliphatic carboxylic acids is 1. The molecule has 246 valence electrons. The van der Waals surface area contributed by atoms with Gasteiger partial charge in [0.1, 0.15) is 11.5 Å². The number of hydrogen-bond donors (Lipinski definition) is 3. The van der Waals surface area contributed by atoms with Crippen molar-refractivity contribution in [2.24, 2.45) is 5.92 Å². The second-order valence-electron chi connectivity index (χ2n) is 11.6. The average molecular weight is 837 g/mol. The molecule has 44 heavy (non-hydrogen) atoms. The van der Waals surface area contributed by atoms with Gasteiger partial charge in [0.2, 0.25) is 0 Å². The molecule has 0 saturated carbocycles. The van der Waals surface area contributed by atoms with E-state index < -0.39 is 5.97 Å². The van der Waals surface area contributed by atoms with Crippen molar-refractivity contribution < 1.29 is 47.4 Å². The molecule has 0 spiro atoms. The second kappa shape index (κ2) is 35.9. The molecule has 0 aliphatic rings. The van der Waals surface area contributed by atoms with Crippen molar-refractivity contribution in [3.63, 3.8) is 0 Å². The molecule has 0 amide bonds. The van der Waals surface area contributed by atoms with E-state index in [2.05, 4.69) is 20.8 Å². The molecule has 0 fully saturated rings. The second-order valence-corrected chi connectivity index (χ2v) is 11.6. The van der Waals surface area contributed by atoms with Crippen molar-refractivity contribution in [3.05, 3.63) is 59.7 Å². The number of carbonyl (C=O) groups is 1. The van der Waals surface area contributed by atoms with Crippen molar-refractivity contribution in [1.29, 1.82) is 0 Å². The van der Waals surface area contributed by atoms with Crippen LogP contribution in [-0.4, -0.2) is 70.2 Å². The van der Waals surface area contributed by atoms with Gasteiger partial charge in [-0.3, -0.25) is 4.79 Å². The van der Waals surface area contributed by atoms with E-state index in [9.17, 15) is 15.0 Å². The molecule has 1 unspecified atom stereocenters. The summed E-state index contributed by atoms with van der Waals surface area (Å²) in [5.74, 6) is 0.151. The summed E-state index contributed by atoms with van der Waals surface area (Å²) in [6.45, 7) is 8.50. The van der Waals surface area contributed by atoms with E-state index in [0.717, 1.165) is 49.7 Å². The van der Waals surface area contributed by atoms with Gasteiger partial charge >= 0.3 is 54.9 Å². The summed E-state index contributed by atoms with van der Waals surface area (Å²) in [5, 5.41) is 27.8. The van der Waals surface area contributed by atoms with Gasteiger partial charge in [-0.25, -0.2) is 0 Å². The first kappa shape index (κ1) is 48.4. The molecule has 0 heterocycles. The van der Waals surface area contributed by atoms with Gasteiger partial charge in [0.05, 0.1) is 5.92 Å². The van der Waals surface area contributed by atoms with Gasteiger partial charge in [0.25, 0.3) is 0 Å². The molecular formula is C38H66BaCdO4. The summed E-state index contributed by atoms with van der Waals surface area (Å²) in [6, 6.07) is 15.3. The van der Waals surface area contributed by atoms with Crippen LogP contribution in [0.2, 0.25) is 0 Å². The fourth-order valence-electron chi connectivity index (χ4n) is 4.94. The van der Waals surface area contributed by atoms with Gasteiger partial charge in [-0.2, -0.15) is 0 Å². The van der Waals surface area contributed by atoms with E-state index in [1.165, 1.54) is 89.9 Å². The number of carboxylic acids is 1. The maximum atomic E-state index is 10.4. The van der Waals surface area contributed by atoms with Gasteiger partial charge in [-0.05, 0) is 61.8 Å². The van der Waals surface area contributed by atoms with E-state index in [0.29, 0.717) is 11.5 Å². The quantitative estimate of drug-likeness (QED) is 0.0865. The predicted molar refractivity (Wildman–Crippen MR) is 189 cm³/mol. The minimum Gasteiger partial charge on any atom is 0 e. The summed E-state index contributed by atoms with van der Waals surface area (Å²) < 4.78 is 0. The molecule has 4 nitrogen and oxygen atoms in total. The molecule has 0 aliphatic carbocycles. The Labute approximate surface area is 331 Å². The van der Waals surface area contributed by atoms with E-state index >= 15 is 0 Å². The topological polar surface area (TPSA) is 77.8 Å². The van der Waals surface area contributed by atoms with E-state index in [1.54, 1.807) is 12.1 Å². The van der Waals surface area contributed by atoms with Crippen molar-refractivity contribution in [1.82, 2.24) is 0 Å². The first-order valence-corrected chi connectivity index (χ1v) is 17.2. The molecule has 0 aromatic heterocycles. The van der Waals surface area contributed by atoms with Crippen LogP contribution in [0.25, 0.3) is 0 Å². The molecule has 3 N–H and O–H groups in total. The summed E-state index contributed by atoms with van der Waals surface area (Å²) in [7, 11) is 0. The molecule has 0 radical (unpaired) electrons. The number of carboxylic acid groups (broad SMARTS) is 1. The Balaban J connectivity index is -0.000000577. The number of hydrogen-bond acceptors (Lipinski definition) is 3. The maximum absolute atomic E-state index is 10.4. The third-order valence-corrected chi connectivity index (χ3v) is 7.83. The Bertz CT molecular complexity index is 833. The van der Waals surface area contributed by atoms with Crippen LogP contribution in [-0.2, 0) is 44.9 Å². The fraction of sp³-hybridized carbons (Fsp3) is 0.658. The average Bonchev–Trinajstić information content (AvgIpc) is 2.99. The number of aryl methyl sites for hydroxylation is 2. The van der Waals surface area contributed by atoms with Gasteiger partial charge in [-0.15, -0.1) is 0 Å². The smallest absolute Gasteiger partial charge is 0 e. The van der Waals surface area contributed by atoms with Crippen molar-refractivity contribution in [2.75, 3.05) is 0 Å². The third kappa shape index (κ3) is 28.2. The number of rotatable bonds is 21. The molecule has 0 saturated heterocycles. The molecule has 1 atom stereocenters. The number of aromatic hydroxyl groups is 2. The molecule has 2 aromatic carbocycles. The Morgan fingerprint density at radius 3 is 1.23 bits per heavy atom. The normalized spacial score (nSPS) is 10.6. The Kier molecular flexibility index (Phi) is 39.4. The van der Waals surface area contributed by atoms with Crippen LogP contribution in [0.5, 0.6) is 11.5 Å². The Morgan fingerprint density at radius 1 is 0.568 bits per heavy atom. The number of benzene rings is 2. The van der Waals surface area contributed by atoms with Gasteiger partial charge in [0, 0.05) is 27.3 Å². The van der Waals surface area contributed by atoms with E-state index in [4.69, 9.17) is 5.11 Å². The number of unbranched alkanes of at least 4 members (excludes halogenated alkanes) is 13. The predicted octanol–water partition coefficient (Wildman–Crippen LogP) is 10.7. The van der Waals surface area contributed by atoms with Crippen LogP contribution < -0.4 is 0 Å². The van der Waals surface area contributed by atoms with Crippen molar-refractivity contribution in [3.8, 4) is 11.5 Å². The molecule has 2 rings (SSSR count). The SMILES string of the molecule is CCCCC(CC)C(=O)O.CCCCCCCCCc1ccccc1O.CCCCCCCCCc1ccccc1O.[BaH2].[Cd]. The zero-order chi connectivity index (χ0) is 31.3. The molecule has 6 heteroatoms. The molecular weight excluding hydrogens is 770 g/mol. The standard InChI is InChI=1S/2C15H24O.C8H16O2.Ba.Cd.2H/c2*1-2-3-4-5-6-7-8-11-14-12-9-10-13-15(14)16;1-3-5-6-7(4-2)8(9)10;;;;/h2*9-10,12-13,16H,2-8,11H2,1H3;7H,3-6H2,1-2H3,(H,9,10);;;;. The van der Waals surface area contributed by atoms with Gasteiger partial charge < -0.3 is 15.3 Å². The monoisotopic (exact) mass is 838 g/mol. The van der Waals surface area contributed by atoms with Crippen LogP contribution in [0.3, 0.4) is 0 Å². The number of para-hydroxylation sites is 2.